The van der Waals surface area contributed by atoms with Crippen molar-refractivity contribution in [2.45, 2.75) is 57.5 Å². The van der Waals surface area contributed by atoms with E-state index in [9.17, 15) is 14.7 Å². The second-order valence-corrected chi connectivity index (χ2v) is 5.91. The summed E-state index contributed by atoms with van der Waals surface area (Å²) in [4.78, 5) is 23.4. The predicted molar refractivity (Wildman–Crippen MR) is 72.3 cm³/mol. The Kier molecular flexibility index (Phi) is 5.02. The summed E-state index contributed by atoms with van der Waals surface area (Å²) in [5.74, 6) is -2.88. The van der Waals surface area contributed by atoms with Crippen LogP contribution in [0.25, 0.3) is 0 Å². The van der Waals surface area contributed by atoms with Crippen LogP contribution in [0.4, 0.5) is 0 Å². The Morgan fingerprint density at radius 1 is 1.35 bits per heavy atom. The smallest absolute Gasteiger partial charge is 0.320 e. The largest absolute Gasteiger partial charge is 0.481 e. The number of carbonyl (C=O) groups excluding carboxylic acids is 1. The highest BCUT2D eigenvalue weighted by molar-refractivity contribution is 5.94. The van der Waals surface area contributed by atoms with E-state index in [1.807, 2.05) is 0 Å². The van der Waals surface area contributed by atoms with Crippen molar-refractivity contribution in [3.63, 3.8) is 0 Å². The highest BCUT2D eigenvalue weighted by atomic mass is 16.5. The zero-order chi connectivity index (χ0) is 14.6. The van der Waals surface area contributed by atoms with Crippen molar-refractivity contribution < 1.29 is 24.2 Å². The average molecular weight is 284 g/mol. The van der Waals surface area contributed by atoms with Crippen molar-refractivity contribution >= 4 is 11.9 Å². The van der Waals surface area contributed by atoms with Gasteiger partial charge in [0.05, 0.1) is 12.2 Å². The molecule has 0 amide bonds. The molecule has 0 bridgehead atoms. The van der Waals surface area contributed by atoms with Crippen LogP contribution in [0.2, 0.25) is 0 Å². The number of aliphatic carboxylic acids is 1. The molecule has 1 N–H and O–H groups in total. The van der Waals surface area contributed by atoms with Gasteiger partial charge in [-0.1, -0.05) is 19.3 Å². The Balaban J connectivity index is 2.08. The molecule has 1 aliphatic carbocycles. The average Bonchev–Trinajstić information content (AvgIpc) is 2.39. The lowest BCUT2D eigenvalue weighted by Gasteiger charge is -2.44. The Hall–Kier alpha value is -1.10. The summed E-state index contributed by atoms with van der Waals surface area (Å²) in [6.07, 6.45) is 6.74. The molecule has 20 heavy (non-hydrogen) atoms. The van der Waals surface area contributed by atoms with Crippen molar-refractivity contribution in [1.82, 2.24) is 0 Å². The van der Waals surface area contributed by atoms with Gasteiger partial charge in [0.25, 0.3) is 0 Å². The van der Waals surface area contributed by atoms with Crippen LogP contribution >= 0.6 is 0 Å². The fourth-order valence-corrected chi connectivity index (χ4v) is 3.62. The number of ether oxygens (including phenoxy) is 2. The van der Waals surface area contributed by atoms with Gasteiger partial charge in [0.15, 0.2) is 5.92 Å². The standard InChI is InChI=1S/C15H24O5/c1-2-19-14(18)12(13(16)17)11-6-9-20-15(10-11)7-4-3-5-8-15/h11-12H,2-10H2,1H3,(H,16,17). The Labute approximate surface area is 119 Å². The first kappa shape index (κ1) is 15.3. The summed E-state index contributed by atoms with van der Waals surface area (Å²) < 4.78 is 10.9. The van der Waals surface area contributed by atoms with Gasteiger partial charge < -0.3 is 14.6 Å². The number of hydrogen-bond acceptors (Lipinski definition) is 4. The third kappa shape index (κ3) is 3.32. The summed E-state index contributed by atoms with van der Waals surface area (Å²) in [5, 5.41) is 9.37. The zero-order valence-electron chi connectivity index (χ0n) is 12.1. The number of carboxylic acids is 1. The molecule has 2 unspecified atom stereocenters. The molecule has 5 heteroatoms. The molecule has 0 aromatic carbocycles. The van der Waals surface area contributed by atoms with Crippen molar-refractivity contribution in [2.75, 3.05) is 13.2 Å². The molecule has 1 heterocycles. The SMILES string of the molecule is CCOC(=O)C(C(=O)O)C1CCOC2(CCCCC2)C1. The second-order valence-electron chi connectivity index (χ2n) is 5.91. The topological polar surface area (TPSA) is 72.8 Å². The van der Waals surface area contributed by atoms with Gasteiger partial charge in [-0.05, 0) is 38.5 Å². The van der Waals surface area contributed by atoms with Crippen LogP contribution in [-0.2, 0) is 19.1 Å². The van der Waals surface area contributed by atoms with E-state index in [2.05, 4.69) is 0 Å². The normalized spacial score (nSPS) is 26.9. The van der Waals surface area contributed by atoms with E-state index >= 15 is 0 Å². The van der Waals surface area contributed by atoms with E-state index < -0.39 is 17.9 Å². The number of hydrogen-bond donors (Lipinski definition) is 1. The maximum Gasteiger partial charge on any atom is 0.320 e. The van der Waals surface area contributed by atoms with Crippen molar-refractivity contribution in [3.8, 4) is 0 Å². The molecule has 0 radical (unpaired) electrons. The number of carbonyl (C=O) groups is 2. The molecule has 114 valence electrons. The summed E-state index contributed by atoms with van der Waals surface area (Å²) >= 11 is 0. The maximum atomic E-state index is 11.9. The third-order valence-corrected chi connectivity index (χ3v) is 4.57. The molecule has 1 spiro atoms. The van der Waals surface area contributed by atoms with E-state index in [0.29, 0.717) is 19.4 Å². The van der Waals surface area contributed by atoms with Gasteiger partial charge in [0, 0.05) is 6.61 Å². The molecule has 1 saturated carbocycles. The second kappa shape index (κ2) is 6.57. The van der Waals surface area contributed by atoms with Crippen molar-refractivity contribution in [2.24, 2.45) is 11.8 Å². The van der Waals surface area contributed by atoms with Crippen molar-refractivity contribution in [1.29, 1.82) is 0 Å². The quantitative estimate of drug-likeness (QED) is 0.634. The van der Waals surface area contributed by atoms with E-state index in [1.165, 1.54) is 6.42 Å². The summed E-state index contributed by atoms with van der Waals surface area (Å²) in [7, 11) is 0. The highest BCUT2D eigenvalue weighted by Crippen LogP contribution is 2.43. The van der Waals surface area contributed by atoms with E-state index in [1.54, 1.807) is 6.92 Å². The Morgan fingerprint density at radius 2 is 2.05 bits per heavy atom. The van der Waals surface area contributed by atoms with Crippen LogP contribution in [0.3, 0.4) is 0 Å². The summed E-state index contributed by atoms with van der Waals surface area (Å²) in [6, 6.07) is 0. The molecule has 0 aromatic rings. The third-order valence-electron chi connectivity index (χ3n) is 4.57. The molecule has 0 aromatic heterocycles. The molecule has 2 rings (SSSR count). The molecule has 2 fully saturated rings. The van der Waals surface area contributed by atoms with Crippen LogP contribution in [0, 0.1) is 11.8 Å². The minimum Gasteiger partial charge on any atom is -0.481 e. The van der Waals surface area contributed by atoms with E-state index in [-0.39, 0.29) is 18.1 Å². The molecule has 5 nitrogen and oxygen atoms in total. The molecular weight excluding hydrogens is 260 g/mol. The number of esters is 1. The monoisotopic (exact) mass is 284 g/mol. The lowest BCUT2D eigenvalue weighted by molar-refractivity contribution is -0.169. The van der Waals surface area contributed by atoms with Crippen LogP contribution in [0.1, 0.15) is 51.9 Å². The van der Waals surface area contributed by atoms with Gasteiger partial charge in [0.2, 0.25) is 0 Å². The van der Waals surface area contributed by atoms with Crippen molar-refractivity contribution in [3.05, 3.63) is 0 Å². The van der Waals surface area contributed by atoms with Crippen LogP contribution in [-0.4, -0.2) is 35.9 Å². The fourth-order valence-electron chi connectivity index (χ4n) is 3.62. The van der Waals surface area contributed by atoms with Gasteiger partial charge in [-0.2, -0.15) is 0 Å². The predicted octanol–water partition coefficient (Wildman–Crippen LogP) is 2.38. The minimum absolute atomic E-state index is 0.168. The van der Waals surface area contributed by atoms with Gasteiger partial charge in [-0.3, -0.25) is 9.59 Å². The maximum absolute atomic E-state index is 11.9. The molecular formula is C15H24O5. The first-order valence-electron chi connectivity index (χ1n) is 7.61. The molecule has 1 saturated heterocycles. The minimum atomic E-state index is -1.07. The Morgan fingerprint density at radius 3 is 2.65 bits per heavy atom. The van der Waals surface area contributed by atoms with Crippen LogP contribution in [0.5, 0.6) is 0 Å². The summed E-state index contributed by atoms with van der Waals surface area (Å²) in [5.41, 5.74) is -0.193. The van der Waals surface area contributed by atoms with Gasteiger partial charge >= 0.3 is 11.9 Å². The van der Waals surface area contributed by atoms with Gasteiger partial charge in [0.1, 0.15) is 0 Å². The van der Waals surface area contributed by atoms with E-state index in [4.69, 9.17) is 9.47 Å². The first-order chi connectivity index (χ1) is 9.58. The zero-order valence-corrected chi connectivity index (χ0v) is 12.1. The number of rotatable bonds is 4. The van der Waals surface area contributed by atoms with E-state index in [0.717, 1.165) is 25.7 Å². The Bertz CT molecular complexity index is 354. The lowest BCUT2D eigenvalue weighted by atomic mass is 9.72. The lowest BCUT2D eigenvalue weighted by Crippen LogP contribution is -2.46. The molecule has 2 aliphatic rings. The molecule has 1 aliphatic heterocycles. The van der Waals surface area contributed by atoms with Gasteiger partial charge in [-0.15, -0.1) is 0 Å². The van der Waals surface area contributed by atoms with Crippen LogP contribution < -0.4 is 0 Å². The summed E-state index contributed by atoms with van der Waals surface area (Å²) in [6.45, 7) is 2.47. The van der Waals surface area contributed by atoms with Gasteiger partial charge in [-0.25, -0.2) is 0 Å². The molecule has 2 atom stereocenters. The van der Waals surface area contributed by atoms with Crippen LogP contribution in [0.15, 0.2) is 0 Å². The first-order valence-corrected chi connectivity index (χ1v) is 7.61. The highest BCUT2D eigenvalue weighted by Gasteiger charge is 2.45. The fraction of sp³-hybridized carbons (Fsp3) is 0.867. The number of carboxylic acid groups (broad SMARTS) is 1.